The third-order valence-corrected chi connectivity index (χ3v) is 3.40. The molecule has 1 aromatic heterocycles. The average molecular weight is 267 g/mol. The van der Waals surface area contributed by atoms with Gasteiger partial charge in [-0.25, -0.2) is 4.98 Å². The maximum atomic E-state index is 5.73. The number of aryl methyl sites for hydroxylation is 1. The predicted molar refractivity (Wildman–Crippen MR) is 74.0 cm³/mol. The second-order valence-electron chi connectivity index (χ2n) is 5.53. The van der Waals surface area contributed by atoms with Crippen molar-refractivity contribution in [3.63, 3.8) is 0 Å². The molecule has 19 heavy (non-hydrogen) atoms. The van der Waals surface area contributed by atoms with Crippen molar-refractivity contribution in [3.05, 3.63) is 17.8 Å². The minimum absolute atomic E-state index is 0.384. The van der Waals surface area contributed by atoms with Gasteiger partial charge in [0.2, 0.25) is 0 Å². The van der Waals surface area contributed by atoms with Crippen LogP contribution in [0.4, 0.5) is 0 Å². The largest absolute Gasteiger partial charge is 0.449 e. The molecule has 1 fully saturated rings. The maximum absolute atomic E-state index is 5.73. The SMILES string of the molecule is Cc1nc(CN(CCN(C)C)CC2CCCO2)co1. The first-order valence-corrected chi connectivity index (χ1v) is 7.03. The van der Waals surface area contributed by atoms with Crippen molar-refractivity contribution >= 4 is 0 Å². The quantitative estimate of drug-likeness (QED) is 0.749. The molecule has 0 saturated carbocycles. The highest BCUT2D eigenvalue weighted by molar-refractivity contribution is 4.95. The molecule has 1 aliphatic rings. The molecule has 1 unspecified atom stereocenters. The smallest absolute Gasteiger partial charge is 0.191 e. The van der Waals surface area contributed by atoms with Crippen LogP contribution in [0.25, 0.3) is 0 Å². The summed E-state index contributed by atoms with van der Waals surface area (Å²) in [6, 6.07) is 0. The Morgan fingerprint density at radius 1 is 1.37 bits per heavy atom. The molecule has 1 aromatic rings. The first-order valence-electron chi connectivity index (χ1n) is 7.03. The van der Waals surface area contributed by atoms with Crippen LogP contribution in [0.1, 0.15) is 24.4 Å². The Balaban J connectivity index is 1.88. The maximum Gasteiger partial charge on any atom is 0.191 e. The van der Waals surface area contributed by atoms with E-state index in [1.807, 2.05) is 6.92 Å². The van der Waals surface area contributed by atoms with Crippen molar-refractivity contribution in [2.75, 3.05) is 40.3 Å². The van der Waals surface area contributed by atoms with Gasteiger partial charge in [-0.1, -0.05) is 0 Å². The lowest BCUT2D eigenvalue weighted by Gasteiger charge is -2.25. The topological polar surface area (TPSA) is 41.7 Å². The van der Waals surface area contributed by atoms with Crippen LogP contribution in [-0.2, 0) is 11.3 Å². The third-order valence-electron chi connectivity index (χ3n) is 3.40. The highest BCUT2D eigenvalue weighted by atomic mass is 16.5. The molecule has 0 radical (unpaired) electrons. The zero-order valence-corrected chi connectivity index (χ0v) is 12.3. The normalized spacial score (nSPS) is 19.7. The van der Waals surface area contributed by atoms with Gasteiger partial charge in [0.1, 0.15) is 6.26 Å². The Hall–Kier alpha value is -0.910. The van der Waals surface area contributed by atoms with Crippen LogP contribution in [-0.4, -0.2) is 61.2 Å². The van der Waals surface area contributed by atoms with Crippen LogP contribution in [0.2, 0.25) is 0 Å². The standard InChI is InChI=1S/C14H25N3O2/c1-12-15-13(11-19-12)9-17(7-6-16(2)3)10-14-5-4-8-18-14/h11,14H,4-10H2,1-3H3. The van der Waals surface area contributed by atoms with Crippen LogP contribution in [0, 0.1) is 6.92 Å². The van der Waals surface area contributed by atoms with E-state index in [0.717, 1.165) is 44.4 Å². The second kappa shape index (κ2) is 7.03. The predicted octanol–water partition coefficient (Wildman–Crippen LogP) is 1.53. The van der Waals surface area contributed by atoms with Crippen molar-refractivity contribution < 1.29 is 9.15 Å². The number of rotatable bonds is 7. The molecule has 0 aromatic carbocycles. The fraction of sp³-hybridized carbons (Fsp3) is 0.786. The Labute approximate surface area is 115 Å². The fourth-order valence-corrected chi connectivity index (χ4v) is 2.36. The molecule has 5 heteroatoms. The summed E-state index contributed by atoms with van der Waals surface area (Å²) in [5.74, 6) is 0.736. The lowest BCUT2D eigenvalue weighted by Crippen LogP contribution is -2.36. The lowest BCUT2D eigenvalue weighted by atomic mass is 10.2. The van der Waals surface area contributed by atoms with Gasteiger partial charge in [-0.05, 0) is 26.9 Å². The number of aromatic nitrogens is 1. The van der Waals surface area contributed by atoms with E-state index in [2.05, 4.69) is 28.9 Å². The van der Waals surface area contributed by atoms with Crippen molar-refractivity contribution in [3.8, 4) is 0 Å². The lowest BCUT2D eigenvalue weighted by molar-refractivity contribution is 0.0678. The van der Waals surface area contributed by atoms with Crippen LogP contribution in [0.3, 0.4) is 0 Å². The van der Waals surface area contributed by atoms with Crippen LogP contribution in [0.5, 0.6) is 0 Å². The van der Waals surface area contributed by atoms with E-state index in [1.54, 1.807) is 6.26 Å². The summed E-state index contributed by atoms with van der Waals surface area (Å²) >= 11 is 0. The van der Waals surface area contributed by atoms with Gasteiger partial charge < -0.3 is 14.1 Å². The Bertz CT molecular complexity index is 373. The number of likely N-dealkylation sites (N-methyl/N-ethyl adjacent to an activating group) is 1. The highest BCUT2D eigenvalue weighted by Gasteiger charge is 2.20. The molecule has 108 valence electrons. The van der Waals surface area contributed by atoms with E-state index in [4.69, 9.17) is 9.15 Å². The fourth-order valence-electron chi connectivity index (χ4n) is 2.36. The van der Waals surface area contributed by atoms with Crippen LogP contribution < -0.4 is 0 Å². The Morgan fingerprint density at radius 2 is 2.21 bits per heavy atom. The van der Waals surface area contributed by atoms with Gasteiger partial charge in [-0.3, -0.25) is 4.90 Å². The van der Waals surface area contributed by atoms with Gasteiger partial charge >= 0.3 is 0 Å². The molecule has 1 saturated heterocycles. The molecule has 0 N–H and O–H groups in total. The summed E-state index contributed by atoms with van der Waals surface area (Å²) in [5.41, 5.74) is 1.01. The summed E-state index contributed by atoms with van der Waals surface area (Å²) in [4.78, 5) is 9.00. The number of ether oxygens (including phenoxy) is 1. The molecular formula is C14H25N3O2. The third kappa shape index (κ3) is 4.93. The van der Waals surface area contributed by atoms with Gasteiger partial charge in [0.25, 0.3) is 0 Å². The van der Waals surface area contributed by atoms with Gasteiger partial charge in [0.15, 0.2) is 5.89 Å². The van der Waals surface area contributed by atoms with Crippen molar-refractivity contribution in [2.45, 2.75) is 32.4 Å². The van der Waals surface area contributed by atoms with Gasteiger partial charge in [0, 0.05) is 39.7 Å². The zero-order chi connectivity index (χ0) is 13.7. The summed E-state index contributed by atoms with van der Waals surface area (Å²) in [7, 11) is 4.20. The first kappa shape index (κ1) is 14.5. The summed E-state index contributed by atoms with van der Waals surface area (Å²) in [5, 5.41) is 0. The first-order chi connectivity index (χ1) is 9.13. The van der Waals surface area contributed by atoms with E-state index in [1.165, 1.54) is 12.8 Å². The van der Waals surface area contributed by atoms with Gasteiger partial charge in [-0.15, -0.1) is 0 Å². The Morgan fingerprint density at radius 3 is 2.79 bits per heavy atom. The molecular weight excluding hydrogens is 242 g/mol. The van der Waals surface area contributed by atoms with E-state index in [-0.39, 0.29) is 0 Å². The van der Waals surface area contributed by atoms with E-state index in [9.17, 15) is 0 Å². The molecule has 0 spiro atoms. The van der Waals surface area contributed by atoms with Crippen molar-refractivity contribution in [1.82, 2.24) is 14.8 Å². The van der Waals surface area contributed by atoms with E-state index in [0.29, 0.717) is 6.10 Å². The van der Waals surface area contributed by atoms with E-state index >= 15 is 0 Å². The van der Waals surface area contributed by atoms with Crippen molar-refractivity contribution in [1.29, 1.82) is 0 Å². The molecule has 0 amide bonds. The van der Waals surface area contributed by atoms with Crippen molar-refractivity contribution in [2.24, 2.45) is 0 Å². The van der Waals surface area contributed by atoms with Gasteiger partial charge in [0.05, 0.1) is 11.8 Å². The number of nitrogens with zero attached hydrogens (tertiary/aromatic N) is 3. The molecule has 1 aliphatic heterocycles. The summed E-state index contributed by atoms with van der Waals surface area (Å²) in [6.07, 6.45) is 4.51. The molecule has 5 nitrogen and oxygen atoms in total. The summed E-state index contributed by atoms with van der Waals surface area (Å²) in [6.45, 7) is 6.69. The van der Waals surface area contributed by atoms with Crippen LogP contribution >= 0.6 is 0 Å². The Kier molecular flexibility index (Phi) is 5.36. The van der Waals surface area contributed by atoms with Crippen LogP contribution in [0.15, 0.2) is 10.7 Å². The molecule has 1 atom stereocenters. The van der Waals surface area contributed by atoms with E-state index < -0.39 is 0 Å². The molecule has 2 heterocycles. The highest BCUT2D eigenvalue weighted by Crippen LogP contribution is 2.15. The number of hydrogen-bond acceptors (Lipinski definition) is 5. The molecule has 0 bridgehead atoms. The van der Waals surface area contributed by atoms with Gasteiger partial charge in [-0.2, -0.15) is 0 Å². The molecule has 2 rings (SSSR count). The average Bonchev–Trinajstić information content (AvgIpc) is 2.98. The summed E-state index contributed by atoms with van der Waals surface area (Å²) < 4.78 is 11.0. The zero-order valence-electron chi connectivity index (χ0n) is 12.3. The number of hydrogen-bond donors (Lipinski definition) is 0. The molecule has 0 aliphatic carbocycles. The minimum atomic E-state index is 0.384. The minimum Gasteiger partial charge on any atom is -0.449 e. The monoisotopic (exact) mass is 267 g/mol. The second-order valence-corrected chi connectivity index (χ2v) is 5.53. The number of oxazole rings is 1.